The van der Waals surface area contributed by atoms with Crippen LogP contribution in [0.3, 0.4) is 0 Å². The molecule has 0 spiro atoms. The Hall–Kier alpha value is -2.33. The zero-order valence-corrected chi connectivity index (χ0v) is 19.2. The van der Waals surface area contributed by atoms with Gasteiger partial charge in [0.25, 0.3) is 5.91 Å². The first-order chi connectivity index (χ1) is 15.4. The first-order valence-corrected chi connectivity index (χ1v) is 12.2. The summed E-state index contributed by atoms with van der Waals surface area (Å²) >= 11 is 1.39. The molecule has 6 rings (SSSR count). The zero-order valence-electron chi connectivity index (χ0n) is 18.4. The minimum atomic E-state index is -0.513. The van der Waals surface area contributed by atoms with E-state index in [1.165, 1.54) is 11.8 Å². The number of amides is 1. The molecule has 10 heteroatoms. The fourth-order valence-electron chi connectivity index (χ4n) is 5.85. The van der Waals surface area contributed by atoms with Crippen molar-refractivity contribution in [2.75, 3.05) is 6.61 Å². The second-order valence-electron chi connectivity index (χ2n) is 9.92. The molecule has 4 aliphatic rings. The van der Waals surface area contributed by atoms with E-state index >= 15 is 0 Å². The van der Waals surface area contributed by atoms with E-state index in [9.17, 15) is 9.90 Å². The molecule has 4 aliphatic carbocycles. The highest BCUT2D eigenvalue weighted by atomic mass is 32.2. The molecule has 4 bridgehead atoms. The smallest absolute Gasteiger partial charge is 0.258 e. The van der Waals surface area contributed by atoms with Gasteiger partial charge in [-0.15, -0.1) is 5.10 Å². The lowest BCUT2D eigenvalue weighted by Gasteiger charge is -2.58. The molecule has 0 saturated heterocycles. The molecular formula is C22H30N6O3S. The molecule has 32 heavy (non-hydrogen) atoms. The van der Waals surface area contributed by atoms with E-state index in [0.29, 0.717) is 41.7 Å². The lowest BCUT2D eigenvalue weighted by atomic mass is 9.52. The average molecular weight is 459 g/mol. The molecule has 2 heterocycles. The van der Waals surface area contributed by atoms with Crippen LogP contribution in [0, 0.1) is 23.7 Å². The maximum absolute atomic E-state index is 13.3. The molecule has 2 atom stereocenters. The number of aliphatic hydroxyl groups is 1. The van der Waals surface area contributed by atoms with Crippen molar-refractivity contribution >= 4 is 23.9 Å². The third-order valence-corrected chi connectivity index (χ3v) is 7.57. The van der Waals surface area contributed by atoms with E-state index in [-0.39, 0.29) is 11.9 Å². The molecule has 2 aromatic heterocycles. The number of aromatic amines is 1. The number of H-pyrrole nitrogens is 1. The summed E-state index contributed by atoms with van der Waals surface area (Å²) in [5, 5.41) is 31.4. The normalized spacial score (nSPS) is 31.0. The SMILES string of the molecule is CC(C)COc1c(C(=O)NC2C3CC4CC2CC(O)(C4)C3)cnn1/C=C\Sc1cn[nH]n1. The number of aromatic nitrogens is 5. The number of rotatable bonds is 8. The number of hydrogen-bond acceptors (Lipinski definition) is 7. The average Bonchev–Trinajstić information content (AvgIpc) is 3.38. The van der Waals surface area contributed by atoms with Crippen molar-refractivity contribution in [1.82, 2.24) is 30.5 Å². The van der Waals surface area contributed by atoms with Crippen LogP contribution >= 0.6 is 11.8 Å². The Balaban J connectivity index is 1.32. The Labute approximate surface area is 191 Å². The van der Waals surface area contributed by atoms with Gasteiger partial charge in [0.15, 0.2) is 0 Å². The Morgan fingerprint density at radius 2 is 2.16 bits per heavy atom. The monoisotopic (exact) mass is 458 g/mol. The van der Waals surface area contributed by atoms with Gasteiger partial charge in [0.2, 0.25) is 5.88 Å². The Bertz CT molecular complexity index is 972. The molecular weight excluding hydrogens is 428 g/mol. The number of nitrogens with zero attached hydrogens (tertiary/aromatic N) is 4. The van der Waals surface area contributed by atoms with E-state index in [1.54, 1.807) is 23.3 Å². The first kappa shape index (κ1) is 21.5. The van der Waals surface area contributed by atoms with Gasteiger partial charge in [0, 0.05) is 12.2 Å². The Morgan fingerprint density at radius 1 is 1.38 bits per heavy atom. The topological polar surface area (TPSA) is 118 Å². The summed E-state index contributed by atoms with van der Waals surface area (Å²) in [6.45, 7) is 4.62. The summed E-state index contributed by atoms with van der Waals surface area (Å²) < 4.78 is 7.59. The summed E-state index contributed by atoms with van der Waals surface area (Å²) in [5.74, 6) is 1.90. The van der Waals surface area contributed by atoms with Gasteiger partial charge < -0.3 is 15.2 Å². The Kier molecular flexibility index (Phi) is 5.75. The molecule has 2 unspecified atom stereocenters. The third kappa shape index (κ3) is 4.30. The van der Waals surface area contributed by atoms with Gasteiger partial charge in [-0.25, -0.2) is 4.68 Å². The molecule has 172 valence electrons. The van der Waals surface area contributed by atoms with E-state index in [4.69, 9.17) is 4.74 Å². The zero-order chi connectivity index (χ0) is 22.3. The quantitative estimate of drug-likeness (QED) is 0.521. The number of carbonyl (C=O) groups is 1. The molecule has 0 aliphatic heterocycles. The van der Waals surface area contributed by atoms with Gasteiger partial charge in [-0.3, -0.25) is 4.79 Å². The van der Waals surface area contributed by atoms with Crippen molar-refractivity contribution in [2.24, 2.45) is 23.7 Å². The highest BCUT2D eigenvalue weighted by Gasteiger charge is 2.55. The van der Waals surface area contributed by atoms with E-state index in [0.717, 1.165) is 37.1 Å². The molecule has 2 aromatic rings. The lowest BCUT2D eigenvalue weighted by Crippen LogP contribution is -2.61. The molecule has 0 aromatic carbocycles. The van der Waals surface area contributed by atoms with Crippen LogP contribution < -0.4 is 10.1 Å². The second kappa shape index (κ2) is 8.55. The predicted molar refractivity (Wildman–Crippen MR) is 120 cm³/mol. The van der Waals surface area contributed by atoms with Gasteiger partial charge in [0.1, 0.15) is 10.6 Å². The van der Waals surface area contributed by atoms with Crippen LogP contribution in [0.15, 0.2) is 22.8 Å². The van der Waals surface area contributed by atoms with Crippen molar-refractivity contribution < 1.29 is 14.6 Å². The van der Waals surface area contributed by atoms with Gasteiger partial charge in [-0.05, 0) is 61.2 Å². The maximum Gasteiger partial charge on any atom is 0.258 e. The second-order valence-corrected chi connectivity index (χ2v) is 10.8. The van der Waals surface area contributed by atoms with Gasteiger partial charge in [-0.2, -0.15) is 15.4 Å². The number of hydrogen-bond donors (Lipinski definition) is 3. The van der Waals surface area contributed by atoms with Gasteiger partial charge in [-0.1, -0.05) is 25.6 Å². The largest absolute Gasteiger partial charge is 0.477 e. The van der Waals surface area contributed by atoms with Crippen LogP contribution in [0.2, 0.25) is 0 Å². The standard InChI is InChI=1S/C22H30N6O3S/c1-13(2)12-31-21-17(10-24-28(21)3-4-32-18-11-23-27-26-18)20(29)25-19-15-5-14-6-16(19)9-22(30,7-14)8-15/h3-4,10-11,13-16,19,30H,5-9,12H2,1-2H3,(H,25,29)(H,23,26,27)/b4-3-. The van der Waals surface area contributed by atoms with Crippen LogP contribution in [0.5, 0.6) is 5.88 Å². The summed E-state index contributed by atoms with van der Waals surface area (Å²) in [6, 6.07) is 0.110. The molecule has 4 saturated carbocycles. The minimum absolute atomic E-state index is 0.110. The van der Waals surface area contributed by atoms with Gasteiger partial charge in [0.05, 0.1) is 24.6 Å². The van der Waals surface area contributed by atoms with Crippen LogP contribution in [0.1, 0.15) is 56.3 Å². The highest BCUT2D eigenvalue weighted by Crippen LogP contribution is 2.55. The maximum atomic E-state index is 13.3. The van der Waals surface area contributed by atoms with Crippen molar-refractivity contribution in [3.63, 3.8) is 0 Å². The van der Waals surface area contributed by atoms with E-state index in [2.05, 4.69) is 39.7 Å². The lowest BCUT2D eigenvalue weighted by molar-refractivity contribution is -0.136. The van der Waals surface area contributed by atoms with Crippen LogP contribution in [0.25, 0.3) is 6.20 Å². The van der Waals surface area contributed by atoms with Crippen LogP contribution in [0.4, 0.5) is 0 Å². The molecule has 4 fully saturated rings. The van der Waals surface area contributed by atoms with Crippen molar-refractivity contribution in [3.05, 3.63) is 23.4 Å². The van der Waals surface area contributed by atoms with Crippen molar-refractivity contribution in [3.8, 4) is 5.88 Å². The predicted octanol–water partition coefficient (Wildman–Crippen LogP) is 2.93. The molecule has 1 amide bonds. The summed E-state index contributed by atoms with van der Waals surface area (Å²) in [4.78, 5) is 13.3. The summed E-state index contributed by atoms with van der Waals surface area (Å²) in [5.41, 5.74) is -0.0743. The fraction of sp³-hybridized carbons (Fsp3) is 0.636. The van der Waals surface area contributed by atoms with Gasteiger partial charge >= 0.3 is 0 Å². The van der Waals surface area contributed by atoms with E-state index in [1.807, 2.05) is 5.41 Å². The minimum Gasteiger partial charge on any atom is -0.477 e. The van der Waals surface area contributed by atoms with Crippen molar-refractivity contribution in [2.45, 2.75) is 62.6 Å². The number of carbonyl (C=O) groups excluding carboxylic acids is 1. The Morgan fingerprint density at radius 3 is 2.81 bits per heavy atom. The number of nitrogens with one attached hydrogen (secondary N) is 2. The van der Waals surface area contributed by atoms with Crippen molar-refractivity contribution in [1.29, 1.82) is 0 Å². The number of ether oxygens (including phenoxy) is 1. The molecule has 3 N–H and O–H groups in total. The molecule has 9 nitrogen and oxygen atoms in total. The van der Waals surface area contributed by atoms with Crippen LogP contribution in [-0.4, -0.2) is 54.5 Å². The summed E-state index contributed by atoms with van der Waals surface area (Å²) in [6.07, 6.45) is 9.67. The molecule has 0 radical (unpaired) electrons. The fourth-order valence-corrected chi connectivity index (χ4v) is 6.38. The van der Waals surface area contributed by atoms with E-state index < -0.39 is 5.60 Å². The number of thioether (sulfide) groups is 1. The third-order valence-electron chi connectivity index (χ3n) is 6.87. The highest BCUT2D eigenvalue weighted by molar-refractivity contribution is 8.02. The summed E-state index contributed by atoms with van der Waals surface area (Å²) in [7, 11) is 0. The van der Waals surface area contributed by atoms with Crippen LogP contribution in [-0.2, 0) is 0 Å². The first-order valence-electron chi connectivity index (χ1n) is 11.3.